The van der Waals surface area contributed by atoms with Crippen LogP contribution in [-0.2, 0) is 9.53 Å². The van der Waals surface area contributed by atoms with Crippen LogP contribution in [0.2, 0.25) is 0 Å². The molecule has 0 aliphatic heterocycles. The molecule has 0 unspecified atom stereocenters. The van der Waals surface area contributed by atoms with Crippen molar-refractivity contribution in [2.75, 3.05) is 13.7 Å². The molecule has 0 spiro atoms. The fraction of sp³-hybridized carbons (Fsp3) is 0.947. The van der Waals surface area contributed by atoms with E-state index in [0.29, 0.717) is 17.8 Å². The third-order valence-corrected chi connectivity index (χ3v) is 7.41. The summed E-state index contributed by atoms with van der Waals surface area (Å²) in [6.45, 7) is 0.754. The van der Waals surface area contributed by atoms with Crippen LogP contribution in [0.15, 0.2) is 0 Å². The van der Waals surface area contributed by atoms with Crippen LogP contribution in [-0.4, -0.2) is 25.2 Å². The highest BCUT2D eigenvalue weighted by molar-refractivity contribution is 5.76. The number of hydrogen-bond acceptors (Lipinski definition) is 2. The van der Waals surface area contributed by atoms with Gasteiger partial charge >= 0.3 is 0 Å². The molecule has 0 heterocycles. The molecule has 0 radical (unpaired) electrons. The second-order valence-electron chi connectivity index (χ2n) is 8.59. The zero-order valence-electron chi connectivity index (χ0n) is 14.0. The fourth-order valence-corrected chi connectivity index (χ4v) is 6.46. The Balaban J connectivity index is 1.38. The summed E-state index contributed by atoms with van der Waals surface area (Å²) >= 11 is 0. The van der Waals surface area contributed by atoms with Crippen molar-refractivity contribution in [2.24, 2.45) is 29.6 Å². The summed E-state index contributed by atoms with van der Waals surface area (Å²) in [6, 6.07) is 0. The lowest BCUT2D eigenvalue weighted by Crippen LogP contribution is -2.63. The Morgan fingerprint density at radius 3 is 2.18 bits per heavy atom. The molecule has 0 aromatic carbocycles. The number of nitrogens with one attached hydrogen (secondary N) is 1. The second-order valence-corrected chi connectivity index (χ2v) is 8.59. The van der Waals surface area contributed by atoms with Crippen LogP contribution < -0.4 is 5.32 Å². The van der Waals surface area contributed by atoms with Crippen molar-refractivity contribution in [1.82, 2.24) is 5.32 Å². The molecule has 5 aliphatic rings. The molecule has 3 heteroatoms. The zero-order valence-corrected chi connectivity index (χ0v) is 14.0. The van der Waals surface area contributed by atoms with Gasteiger partial charge in [0.15, 0.2) is 0 Å². The van der Waals surface area contributed by atoms with Crippen molar-refractivity contribution in [3.05, 3.63) is 0 Å². The van der Waals surface area contributed by atoms with E-state index in [0.717, 1.165) is 24.8 Å². The van der Waals surface area contributed by atoms with E-state index in [2.05, 4.69) is 5.32 Å². The molecule has 5 aliphatic carbocycles. The van der Waals surface area contributed by atoms with Crippen LogP contribution in [0.25, 0.3) is 0 Å². The van der Waals surface area contributed by atoms with Gasteiger partial charge in [0.1, 0.15) is 0 Å². The van der Waals surface area contributed by atoms with E-state index in [1.807, 2.05) is 7.11 Å². The van der Waals surface area contributed by atoms with Crippen LogP contribution in [0.5, 0.6) is 0 Å². The van der Waals surface area contributed by atoms with Crippen molar-refractivity contribution < 1.29 is 9.53 Å². The van der Waals surface area contributed by atoms with Gasteiger partial charge in [-0.3, -0.25) is 4.79 Å². The van der Waals surface area contributed by atoms with Gasteiger partial charge in [-0.15, -0.1) is 0 Å². The molecule has 3 nitrogen and oxygen atoms in total. The molecule has 1 amide bonds. The third kappa shape index (κ3) is 2.50. The SMILES string of the molecule is COC1(CNC(=O)CC2CCCC2)C2CC3CC(C2)CC1C3. The van der Waals surface area contributed by atoms with Crippen molar-refractivity contribution in [2.45, 2.75) is 69.8 Å². The summed E-state index contributed by atoms with van der Waals surface area (Å²) in [6.07, 6.45) is 12.6. The minimum atomic E-state index is -0.0568. The summed E-state index contributed by atoms with van der Waals surface area (Å²) in [5, 5.41) is 3.27. The quantitative estimate of drug-likeness (QED) is 0.844. The summed E-state index contributed by atoms with van der Waals surface area (Å²) < 4.78 is 6.12. The Morgan fingerprint density at radius 1 is 1.05 bits per heavy atom. The number of hydrogen-bond donors (Lipinski definition) is 1. The number of amides is 1. The van der Waals surface area contributed by atoms with Gasteiger partial charge in [0.25, 0.3) is 0 Å². The molecule has 1 N–H and O–H groups in total. The molecule has 22 heavy (non-hydrogen) atoms. The molecule has 5 fully saturated rings. The van der Waals surface area contributed by atoms with Crippen LogP contribution in [0, 0.1) is 29.6 Å². The van der Waals surface area contributed by atoms with E-state index >= 15 is 0 Å². The van der Waals surface area contributed by atoms with Gasteiger partial charge in [0.2, 0.25) is 5.91 Å². The van der Waals surface area contributed by atoms with Crippen LogP contribution in [0.1, 0.15) is 64.2 Å². The van der Waals surface area contributed by atoms with Gasteiger partial charge in [0.05, 0.1) is 5.60 Å². The topological polar surface area (TPSA) is 38.3 Å². The van der Waals surface area contributed by atoms with E-state index in [1.165, 1.54) is 57.8 Å². The monoisotopic (exact) mass is 305 g/mol. The first-order valence-electron chi connectivity index (χ1n) is 9.51. The highest BCUT2D eigenvalue weighted by Gasteiger charge is 2.57. The van der Waals surface area contributed by atoms with Gasteiger partial charge in [-0.05, 0) is 74.5 Å². The summed E-state index contributed by atoms with van der Waals surface area (Å²) in [7, 11) is 1.88. The van der Waals surface area contributed by atoms with Crippen molar-refractivity contribution in [3.63, 3.8) is 0 Å². The largest absolute Gasteiger partial charge is 0.376 e. The van der Waals surface area contributed by atoms with Crippen molar-refractivity contribution in [1.29, 1.82) is 0 Å². The van der Waals surface area contributed by atoms with Gasteiger partial charge in [-0.25, -0.2) is 0 Å². The number of ether oxygens (including phenoxy) is 1. The van der Waals surface area contributed by atoms with E-state index in [9.17, 15) is 4.79 Å². The van der Waals surface area contributed by atoms with E-state index < -0.39 is 0 Å². The van der Waals surface area contributed by atoms with Gasteiger partial charge in [-0.2, -0.15) is 0 Å². The summed E-state index contributed by atoms with van der Waals surface area (Å²) in [4.78, 5) is 12.3. The number of methoxy groups -OCH3 is 1. The Hall–Kier alpha value is -0.570. The zero-order chi connectivity index (χ0) is 15.2. The van der Waals surface area contributed by atoms with Crippen molar-refractivity contribution in [3.8, 4) is 0 Å². The van der Waals surface area contributed by atoms with Crippen molar-refractivity contribution >= 4 is 5.91 Å². The molecule has 5 rings (SSSR count). The normalized spacial score (nSPS) is 43.7. The molecule has 4 bridgehead atoms. The molecule has 0 aromatic heterocycles. The highest BCUT2D eigenvalue weighted by Crippen LogP contribution is 2.59. The van der Waals surface area contributed by atoms with Crippen LogP contribution in [0.3, 0.4) is 0 Å². The summed E-state index contributed by atoms with van der Waals surface area (Å²) in [5.41, 5.74) is -0.0568. The third-order valence-electron chi connectivity index (χ3n) is 7.41. The number of carbonyl (C=O) groups excluding carboxylic acids is 1. The predicted molar refractivity (Wildman–Crippen MR) is 86.4 cm³/mol. The van der Waals surface area contributed by atoms with Crippen LogP contribution >= 0.6 is 0 Å². The molecule has 0 saturated heterocycles. The standard InChI is InChI=1S/C19H31NO2/c1-22-19(12-20-18(21)11-13-4-2-3-5-13)16-7-14-6-15(9-16)10-17(19)8-14/h13-17H,2-12H2,1H3,(H,20,21). The Labute approximate surface area is 134 Å². The average Bonchev–Trinajstić information content (AvgIpc) is 2.99. The first-order valence-corrected chi connectivity index (χ1v) is 9.51. The molecule has 5 saturated carbocycles. The average molecular weight is 305 g/mol. The Bertz CT molecular complexity index is 399. The maximum Gasteiger partial charge on any atom is 0.220 e. The second kappa shape index (κ2) is 5.81. The van der Waals surface area contributed by atoms with E-state index in [4.69, 9.17) is 4.74 Å². The molecule has 0 aromatic rings. The maximum atomic E-state index is 12.3. The lowest BCUT2D eigenvalue weighted by Gasteiger charge is -2.60. The van der Waals surface area contributed by atoms with E-state index in [-0.39, 0.29) is 11.5 Å². The van der Waals surface area contributed by atoms with Gasteiger partial charge in [0, 0.05) is 20.1 Å². The highest BCUT2D eigenvalue weighted by atomic mass is 16.5. The molecule has 124 valence electrons. The van der Waals surface area contributed by atoms with Gasteiger partial charge < -0.3 is 10.1 Å². The predicted octanol–water partition coefficient (Wildman–Crippen LogP) is 3.52. The minimum Gasteiger partial charge on any atom is -0.376 e. The maximum absolute atomic E-state index is 12.3. The first kappa shape index (κ1) is 15.0. The van der Waals surface area contributed by atoms with Gasteiger partial charge in [-0.1, -0.05) is 12.8 Å². The number of carbonyl (C=O) groups is 1. The Kier molecular flexibility index (Phi) is 3.96. The molecule has 0 atom stereocenters. The lowest BCUT2D eigenvalue weighted by molar-refractivity contribution is -0.188. The first-order chi connectivity index (χ1) is 10.7. The minimum absolute atomic E-state index is 0.0568. The van der Waals surface area contributed by atoms with E-state index in [1.54, 1.807) is 0 Å². The fourth-order valence-electron chi connectivity index (χ4n) is 6.46. The lowest BCUT2D eigenvalue weighted by atomic mass is 9.49. The smallest absolute Gasteiger partial charge is 0.220 e. The molecular formula is C19H31NO2. The summed E-state index contributed by atoms with van der Waals surface area (Å²) in [5.74, 6) is 4.15. The number of rotatable bonds is 5. The Morgan fingerprint density at radius 2 is 1.64 bits per heavy atom. The molecular weight excluding hydrogens is 274 g/mol. The van der Waals surface area contributed by atoms with Crippen LogP contribution in [0.4, 0.5) is 0 Å².